The molecule has 0 aliphatic carbocycles. The lowest BCUT2D eigenvalue weighted by molar-refractivity contribution is 0.339. The molecule has 0 aliphatic heterocycles. The lowest BCUT2D eigenvalue weighted by Gasteiger charge is -2.04. The molecule has 0 radical (unpaired) electrons. The summed E-state index contributed by atoms with van der Waals surface area (Å²) in [6.07, 6.45) is 0. The Labute approximate surface area is 123 Å². The Morgan fingerprint density at radius 2 is 1.62 bits per heavy atom. The molecular weight excluding hydrogens is 293 g/mol. The molecule has 2 aromatic carbocycles. The van der Waals surface area contributed by atoms with Crippen LogP contribution in [0.5, 0.6) is 0 Å². The highest BCUT2D eigenvalue weighted by molar-refractivity contribution is 7.86. The van der Waals surface area contributed by atoms with Gasteiger partial charge in [-0.15, -0.1) is 0 Å². The minimum absolute atomic E-state index is 0.0313. The number of aryl methyl sites for hydroxylation is 1. The molecule has 0 heterocycles. The molecule has 0 saturated carbocycles. The number of nitrogens with zero attached hydrogens (tertiary/aromatic N) is 1. The molecule has 0 bridgehead atoms. The van der Waals surface area contributed by atoms with Gasteiger partial charge in [0.2, 0.25) is 0 Å². The Morgan fingerprint density at radius 3 is 2.19 bits per heavy atom. The van der Waals surface area contributed by atoms with E-state index in [1.807, 2.05) is 6.92 Å². The van der Waals surface area contributed by atoms with Gasteiger partial charge in [0, 0.05) is 0 Å². The third-order valence-electron chi connectivity index (χ3n) is 2.84. The zero-order valence-electron chi connectivity index (χ0n) is 11.6. The van der Waals surface area contributed by atoms with E-state index in [0.29, 0.717) is 11.3 Å². The van der Waals surface area contributed by atoms with Crippen LogP contribution in [0, 0.1) is 12.7 Å². The second kappa shape index (κ2) is 6.05. The van der Waals surface area contributed by atoms with Gasteiger partial charge in [0.05, 0.1) is 5.71 Å². The molecule has 0 aliphatic rings. The van der Waals surface area contributed by atoms with Gasteiger partial charge in [-0.05, 0) is 43.7 Å². The van der Waals surface area contributed by atoms with E-state index in [1.165, 1.54) is 36.4 Å². The summed E-state index contributed by atoms with van der Waals surface area (Å²) < 4.78 is 41.4. The van der Waals surface area contributed by atoms with Gasteiger partial charge in [0.1, 0.15) is 10.7 Å². The van der Waals surface area contributed by atoms with Crippen LogP contribution in [0.1, 0.15) is 18.1 Å². The van der Waals surface area contributed by atoms with Crippen molar-refractivity contribution >= 4 is 15.8 Å². The van der Waals surface area contributed by atoms with E-state index in [4.69, 9.17) is 0 Å². The van der Waals surface area contributed by atoms with Crippen LogP contribution in [-0.4, -0.2) is 14.1 Å². The number of benzene rings is 2. The van der Waals surface area contributed by atoms with E-state index < -0.39 is 10.1 Å². The fourth-order valence-corrected chi connectivity index (χ4v) is 2.36. The maximum Gasteiger partial charge on any atom is 0.358 e. The van der Waals surface area contributed by atoms with Crippen LogP contribution in [0.2, 0.25) is 0 Å². The van der Waals surface area contributed by atoms with E-state index in [1.54, 1.807) is 19.1 Å². The van der Waals surface area contributed by atoms with E-state index in [2.05, 4.69) is 9.44 Å². The van der Waals surface area contributed by atoms with Crippen molar-refractivity contribution in [2.24, 2.45) is 5.16 Å². The first-order valence-electron chi connectivity index (χ1n) is 6.19. The summed E-state index contributed by atoms with van der Waals surface area (Å²) in [6.45, 7) is 3.44. The van der Waals surface area contributed by atoms with Crippen LogP contribution in [0.3, 0.4) is 0 Å². The molecular formula is C15H14FNO3S. The summed E-state index contributed by atoms with van der Waals surface area (Å²) in [6, 6.07) is 11.8. The molecule has 0 spiro atoms. The Kier molecular flexibility index (Phi) is 4.37. The minimum atomic E-state index is -3.95. The third-order valence-corrected chi connectivity index (χ3v) is 3.96. The van der Waals surface area contributed by atoms with Crippen molar-refractivity contribution in [3.63, 3.8) is 0 Å². The number of halogens is 1. The predicted octanol–water partition coefficient (Wildman–Crippen LogP) is 3.26. The molecule has 4 nitrogen and oxygen atoms in total. The monoisotopic (exact) mass is 307 g/mol. The summed E-state index contributed by atoms with van der Waals surface area (Å²) in [5, 5.41) is 3.60. The van der Waals surface area contributed by atoms with Crippen molar-refractivity contribution in [3.05, 3.63) is 65.5 Å². The Morgan fingerprint density at radius 1 is 1.05 bits per heavy atom. The molecule has 21 heavy (non-hydrogen) atoms. The number of hydrogen-bond donors (Lipinski definition) is 0. The molecule has 0 aromatic heterocycles. The van der Waals surface area contributed by atoms with Crippen molar-refractivity contribution in [2.75, 3.05) is 0 Å². The molecule has 2 rings (SSSR count). The highest BCUT2D eigenvalue weighted by atomic mass is 32.2. The van der Waals surface area contributed by atoms with Gasteiger partial charge < -0.3 is 0 Å². The zero-order chi connectivity index (χ0) is 15.5. The molecule has 6 heteroatoms. The minimum Gasteiger partial charge on any atom is -0.265 e. The fraction of sp³-hybridized carbons (Fsp3) is 0.133. The molecule has 0 saturated heterocycles. The lowest BCUT2D eigenvalue weighted by Crippen LogP contribution is -2.05. The maximum atomic E-state index is 12.8. The SMILES string of the molecule is CC(=NOS(=O)(=O)c1ccc(C)cc1)c1ccc(F)cc1. The Balaban J connectivity index is 2.18. The first kappa shape index (κ1) is 15.2. The maximum absolute atomic E-state index is 12.8. The van der Waals surface area contributed by atoms with Gasteiger partial charge in [-0.3, -0.25) is 4.28 Å². The van der Waals surface area contributed by atoms with Crippen molar-refractivity contribution in [2.45, 2.75) is 18.7 Å². The Bertz CT molecular complexity index is 751. The van der Waals surface area contributed by atoms with Crippen LogP contribution in [-0.2, 0) is 14.4 Å². The van der Waals surface area contributed by atoms with Crippen LogP contribution < -0.4 is 0 Å². The van der Waals surface area contributed by atoms with Gasteiger partial charge in [0.25, 0.3) is 0 Å². The fourth-order valence-electron chi connectivity index (χ4n) is 1.60. The van der Waals surface area contributed by atoms with E-state index >= 15 is 0 Å². The van der Waals surface area contributed by atoms with Crippen LogP contribution in [0.4, 0.5) is 4.39 Å². The quantitative estimate of drug-likeness (QED) is 0.643. The normalized spacial score (nSPS) is 12.2. The van der Waals surface area contributed by atoms with Gasteiger partial charge in [-0.2, -0.15) is 8.42 Å². The summed E-state index contributed by atoms with van der Waals surface area (Å²) in [5.41, 5.74) is 1.86. The van der Waals surface area contributed by atoms with Crippen molar-refractivity contribution in [1.29, 1.82) is 0 Å². The van der Waals surface area contributed by atoms with Crippen molar-refractivity contribution < 1.29 is 17.1 Å². The molecule has 0 fully saturated rings. The van der Waals surface area contributed by atoms with E-state index in [9.17, 15) is 12.8 Å². The largest absolute Gasteiger partial charge is 0.358 e. The molecule has 0 atom stereocenters. The average Bonchev–Trinajstić information content (AvgIpc) is 2.46. The number of oxime groups is 1. The molecule has 110 valence electrons. The second-order valence-electron chi connectivity index (χ2n) is 4.53. The predicted molar refractivity (Wildman–Crippen MR) is 78.1 cm³/mol. The molecule has 0 unspecified atom stereocenters. The van der Waals surface area contributed by atoms with E-state index in [0.717, 1.165) is 5.56 Å². The van der Waals surface area contributed by atoms with Crippen molar-refractivity contribution in [3.8, 4) is 0 Å². The zero-order valence-corrected chi connectivity index (χ0v) is 12.4. The highest BCUT2D eigenvalue weighted by Gasteiger charge is 2.15. The smallest absolute Gasteiger partial charge is 0.265 e. The van der Waals surface area contributed by atoms with Gasteiger partial charge >= 0.3 is 10.1 Å². The van der Waals surface area contributed by atoms with Gasteiger partial charge in [0.15, 0.2) is 0 Å². The topological polar surface area (TPSA) is 55.7 Å². The van der Waals surface area contributed by atoms with E-state index in [-0.39, 0.29) is 10.7 Å². The standard InChI is InChI=1S/C15H14FNO3S/c1-11-3-9-15(10-4-11)21(18,19)20-17-12(2)13-5-7-14(16)8-6-13/h3-10H,1-2H3. The first-order valence-corrected chi connectivity index (χ1v) is 7.60. The molecule has 2 aromatic rings. The van der Waals surface area contributed by atoms with Crippen LogP contribution in [0.25, 0.3) is 0 Å². The summed E-state index contributed by atoms with van der Waals surface area (Å²) in [5.74, 6) is -0.375. The van der Waals surface area contributed by atoms with Gasteiger partial charge in [-0.25, -0.2) is 4.39 Å². The molecule has 0 N–H and O–H groups in total. The second-order valence-corrected chi connectivity index (χ2v) is 6.05. The van der Waals surface area contributed by atoms with Crippen LogP contribution in [0.15, 0.2) is 58.6 Å². The number of rotatable bonds is 4. The van der Waals surface area contributed by atoms with Crippen molar-refractivity contribution in [1.82, 2.24) is 0 Å². The van der Waals surface area contributed by atoms with Crippen LogP contribution >= 0.6 is 0 Å². The van der Waals surface area contributed by atoms with Gasteiger partial charge in [-0.1, -0.05) is 35.0 Å². The molecule has 0 amide bonds. The number of hydrogen-bond acceptors (Lipinski definition) is 4. The summed E-state index contributed by atoms with van der Waals surface area (Å²) in [4.78, 5) is 0.0313. The first-order chi connectivity index (χ1) is 9.88. The Hall–Kier alpha value is -2.21. The lowest BCUT2D eigenvalue weighted by atomic mass is 10.1. The summed E-state index contributed by atoms with van der Waals surface area (Å²) in [7, 11) is -3.95. The third kappa shape index (κ3) is 3.88. The summed E-state index contributed by atoms with van der Waals surface area (Å²) >= 11 is 0. The average molecular weight is 307 g/mol. The highest BCUT2D eigenvalue weighted by Crippen LogP contribution is 2.14.